The third-order valence-corrected chi connectivity index (χ3v) is 5.81. The molecule has 0 aliphatic carbocycles. The van der Waals surface area contributed by atoms with Gasteiger partial charge in [0, 0.05) is 16.6 Å². The lowest BCUT2D eigenvalue weighted by molar-refractivity contribution is 0.795. The highest BCUT2D eigenvalue weighted by Crippen LogP contribution is 2.32. The first-order valence-electron chi connectivity index (χ1n) is 11.0. The summed E-state index contributed by atoms with van der Waals surface area (Å²) in [4.78, 5) is 4.96. The minimum absolute atomic E-state index is 0.978. The van der Waals surface area contributed by atoms with Crippen LogP contribution >= 0.6 is 0 Å². The summed E-state index contributed by atoms with van der Waals surface area (Å²) in [6, 6.07) is 34.3. The molecule has 0 amide bonds. The largest absolute Gasteiger partial charge is 0.355 e. The molecule has 0 bridgehead atoms. The zero-order chi connectivity index (χ0) is 21.0. The molecule has 0 unspecified atom stereocenters. The highest BCUT2D eigenvalue weighted by atomic mass is 14.9. The number of nitrogens with zero attached hydrogens (tertiary/aromatic N) is 1. The third kappa shape index (κ3) is 4.15. The molecule has 2 nitrogen and oxygen atoms in total. The summed E-state index contributed by atoms with van der Waals surface area (Å²) < 4.78 is 0. The molecule has 0 saturated carbocycles. The quantitative estimate of drug-likeness (QED) is 0.310. The van der Waals surface area contributed by atoms with Crippen LogP contribution in [-0.2, 0) is 6.42 Å². The Hall–Kier alpha value is -3.65. The number of nitrogens with one attached hydrogen (secondary N) is 1. The number of unbranched alkanes of at least 4 members (excludes halogenated alkanes) is 1. The number of benzene rings is 4. The van der Waals surface area contributed by atoms with Crippen LogP contribution in [0.5, 0.6) is 0 Å². The minimum atomic E-state index is 0.978. The Balaban J connectivity index is 1.54. The summed E-state index contributed by atoms with van der Waals surface area (Å²) in [7, 11) is 0. The van der Waals surface area contributed by atoms with Crippen LogP contribution in [0.15, 0.2) is 97.1 Å². The van der Waals surface area contributed by atoms with Gasteiger partial charge in [0.1, 0.15) is 0 Å². The predicted molar refractivity (Wildman–Crippen MR) is 133 cm³/mol. The van der Waals surface area contributed by atoms with E-state index in [1.165, 1.54) is 29.2 Å². The van der Waals surface area contributed by atoms with E-state index in [0.717, 1.165) is 40.0 Å². The number of anilines is 2. The van der Waals surface area contributed by atoms with Gasteiger partial charge in [-0.2, -0.15) is 0 Å². The average molecular weight is 403 g/mol. The molecule has 0 atom stereocenters. The molecule has 0 fully saturated rings. The van der Waals surface area contributed by atoms with Crippen LogP contribution in [-0.4, -0.2) is 4.98 Å². The molecule has 0 aliphatic rings. The smallest absolute Gasteiger partial charge is 0.0730 e. The normalized spacial score (nSPS) is 11.1. The molecule has 1 N–H and O–H groups in total. The number of rotatable bonds is 6. The maximum absolute atomic E-state index is 4.96. The third-order valence-electron chi connectivity index (χ3n) is 5.81. The summed E-state index contributed by atoms with van der Waals surface area (Å²) >= 11 is 0. The predicted octanol–water partition coefficient (Wildman–Crippen LogP) is 8.14. The molecular formula is C29H26N2. The van der Waals surface area contributed by atoms with E-state index in [-0.39, 0.29) is 0 Å². The van der Waals surface area contributed by atoms with Gasteiger partial charge < -0.3 is 5.32 Å². The minimum Gasteiger partial charge on any atom is -0.355 e. The Kier molecular flexibility index (Phi) is 5.37. The highest BCUT2D eigenvalue weighted by Gasteiger charge is 2.09. The van der Waals surface area contributed by atoms with Gasteiger partial charge in [0.25, 0.3) is 0 Å². The zero-order valence-electron chi connectivity index (χ0n) is 17.8. The molecule has 1 aromatic heterocycles. The van der Waals surface area contributed by atoms with Crippen molar-refractivity contribution in [2.75, 3.05) is 5.32 Å². The van der Waals surface area contributed by atoms with E-state index in [4.69, 9.17) is 4.98 Å². The maximum atomic E-state index is 4.96. The average Bonchev–Trinajstić information content (AvgIpc) is 2.83. The number of hydrogen-bond acceptors (Lipinski definition) is 2. The van der Waals surface area contributed by atoms with E-state index in [1.807, 2.05) is 6.07 Å². The van der Waals surface area contributed by atoms with Crippen molar-refractivity contribution in [3.63, 3.8) is 0 Å². The fourth-order valence-electron chi connectivity index (χ4n) is 4.07. The number of fused-ring (bicyclic) bond motifs is 2. The molecule has 4 aromatic carbocycles. The van der Waals surface area contributed by atoms with E-state index < -0.39 is 0 Å². The maximum Gasteiger partial charge on any atom is 0.0730 e. The van der Waals surface area contributed by atoms with E-state index in [9.17, 15) is 0 Å². The van der Waals surface area contributed by atoms with Gasteiger partial charge in [-0.25, -0.2) is 4.98 Å². The summed E-state index contributed by atoms with van der Waals surface area (Å²) in [5, 5.41) is 7.24. The van der Waals surface area contributed by atoms with Crippen LogP contribution in [0.2, 0.25) is 0 Å². The number of para-hydroxylation sites is 1. The molecule has 0 radical (unpaired) electrons. The van der Waals surface area contributed by atoms with Crippen LogP contribution in [0.3, 0.4) is 0 Å². The van der Waals surface area contributed by atoms with Crippen LogP contribution < -0.4 is 5.32 Å². The first-order chi connectivity index (χ1) is 15.3. The molecule has 1 heterocycles. The molecule has 0 saturated heterocycles. The molecule has 152 valence electrons. The number of aryl methyl sites for hydroxylation is 1. The Morgan fingerprint density at radius 1 is 0.742 bits per heavy atom. The molecule has 5 aromatic rings. The van der Waals surface area contributed by atoms with Crippen LogP contribution in [0.4, 0.5) is 11.4 Å². The topological polar surface area (TPSA) is 24.9 Å². The van der Waals surface area contributed by atoms with Gasteiger partial charge in [-0.3, -0.25) is 0 Å². The molecule has 31 heavy (non-hydrogen) atoms. The van der Waals surface area contributed by atoms with E-state index in [1.54, 1.807) is 0 Å². The fraction of sp³-hybridized carbons (Fsp3) is 0.138. The Morgan fingerprint density at radius 2 is 1.52 bits per heavy atom. The number of aromatic nitrogens is 1. The second kappa shape index (κ2) is 8.61. The lowest BCUT2D eigenvalue weighted by Crippen LogP contribution is -1.95. The Labute approximate surface area is 183 Å². The summed E-state index contributed by atoms with van der Waals surface area (Å²) in [5.41, 5.74) is 6.67. The van der Waals surface area contributed by atoms with Crippen LogP contribution in [0, 0.1) is 0 Å². The monoisotopic (exact) mass is 402 g/mol. The van der Waals surface area contributed by atoms with Gasteiger partial charge in [0.2, 0.25) is 0 Å². The SMILES string of the molecule is CCCCc1ccc(Nc2cc(-c3ccc4ccccc4c3)nc3ccccc23)cc1. The van der Waals surface area contributed by atoms with Gasteiger partial charge in [-0.05, 0) is 59.5 Å². The first kappa shape index (κ1) is 19.3. The standard InChI is InChI=1S/C29H26N2/c1-2-3-8-21-13-17-25(18-14-21)30-29-20-28(31-27-12-7-6-11-26(27)29)24-16-15-22-9-4-5-10-23(22)19-24/h4-7,9-20H,2-3,8H2,1H3,(H,30,31). The van der Waals surface area contributed by atoms with Crippen molar-refractivity contribution in [3.05, 3.63) is 103 Å². The van der Waals surface area contributed by atoms with Gasteiger partial charge in [-0.1, -0.05) is 80.1 Å². The van der Waals surface area contributed by atoms with Crippen molar-refractivity contribution in [2.24, 2.45) is 0 Å². The van der Waals surface area contributed by atoms with Crippen molar-refractivity contribution in [3.8, 4) is 11.3 Å². The molecular weight excluding hydrogens is 376 g/mol. The lowest BCUT2D eigenvalue weighted by atomic mass is 10.0. The second-order valence-corrected chi connectivity index (χ2v) is 8.06. The van der Waals surface area contributed by atoms with Crippen molar-refractivity contribution in [1.82, 2.24) is 4.98 Å². The lowest BCUT2D eigenvalue weighted by Gasteiger charge is -2.13. The molecule has 0 spiro atoms. The van der Waals surface area contributed by atoms with Crippen molar-refractivity contribution < 1.29 is 0 Å². The van der Waals surface area contributed by atoms with Gasteiger partial charge in [0.05, 0.1) is 16.9 Å². The van der Waals surface area contributed by atoms with Gasteiger partial charge in [0.15, 0.2) is 0 Å². The van der Waals surface area contributed by atoms with Crippen molar-refractivity contribution >= 4 is 33.1 Å². The zero-order valence-corrected chi connectivity index (χ0v) is 17.8. The van der Waals surface area contributed by atoms with Gasteiger partial charge in [-0.15, -0.1) is 0 Å². The van der Waals surface area contributed by atoms with E-state index >= 15 is 0 Å². The number of hydrogen-bond donors (Lipinski definition) is 1. The van der Waals surface area contributed by atoms with E-state index in [2.05, 4.69) is 103 Å². The van der Waals surface area contributed by atoms with Gasteiger partial charge >= 0.3 is 0 Å². The van der Waals surface area contributed by atoms with Crippen LogP contribution in [0.25, 0.3) is 32.9 Å². The summed E-state index contributed by atoms with van der Waals surface area (Å²) in [5.74, 6) is 0. The summed E-state index contributed by atoms with van der Waals surface area (Å²) in [6.45, 7) is 2.23. The van der Waals surface area contributed by atoms with Crippen molar-refractivity contribution in [2.45, 2.75) is 26.2 Å². The number of pyridine rings is 1. The van der Waals surface area contributed by atoms with Crippen LogP contribution in [0.1, 0.15) is 25.3 Å². The first-order valence-corrected chi connectivity index (χ1v) is 11.0. The van der Waals surface area contributed by atoms with E-state index in [0.29, 0.717) is 0 Å². The molecule has 0 aliphatic heterocycles. The van der Waals surface area contributed by atoms with Crippen molar-refractivity contribution in [1.29, 1.82) is 0 Å². The summed E-state index contributed by atoms with van der Waals surface area (Å²) in [6.07, 6.45) is 3.60. The Morgan fingerprint density at radius 3 is 2.35 bits per heavy atom. The molecule has 2 heteroatoms. The Bertz CT molecular complexity index is 1340. The molecule has 5 rings (SSSR count). The second-order valence-electron chi connectivity index (χ2n) is 8.06. The highest BCUT2D eigenvalue weighted by molar-refractivity contribution is 5.96. The fourth-order valence-corrected chi connectivity index (χ4v) is 4.07.